The summed E-state index contributed by atoms with van der Waals surface area (Å²) in [6.07, 6.45) is -4.78. The molecule has 5 nitrogen and oxygen atoms in total. The van der Waals surface area contributed by atoms with E-state index < -0.39 is 19.2 Å². The lowest BCUT2D eigenvalue weighted by Gasteiger charge is -2.09. The molecule has 1 rings (SSSR count). The first kappa shape index (κ1) is 12.8. The summed E-state index contributed by atoms with van der Waals surface area (Å²) in [6.45, 7) is 0. The first-order valence-electron chi connectivity index (χ1n) is 3.92. The molecule has 0 saturated carbocycles. The first-order chi connectivity index (χ1) is 7.46. The van der Waals surface area contributed by atoms with Gasteiger partial charge in [0.2, 0.25) is 0 Å². The van der Waals surface area contributed by atoms with Gasteiger partial charge in [-0.3, -0.25) is 20.1 Å². The van der Waals surface area contributed by atoms with Gasteiger partial charge in [-0.25, -0.2) is 0 Å². The minimum absolute atomic E-state index is 0.111. The number of hydrogen-bond donors (Lipinski definition) is 2. The Balaban J connectivity index is 2.75. The maximum atomic E-state index is 11.8. The van der Waals surface area contributed by atoms with E-state index in [1.165, 1.54) is 0 Å². The molecule has 0 bridgehead atoms. The normalized spacial score (nSPS) is 11.3. The predicted octanol–water partition coefficient (Wildman–Crippen LogP) is 1.26. The van der Waals surface area contributed by atoms with Gasteiger partial charge in [0.15, 0.2) is 0 Å². The van der Waals surface area contributed by atoms with Gasteiger partial charge >= 0.3 is 13.5 Å². The van der Waals surface area contributed by atoms with Gasteiger partial charge < -0.3 is 4.74 Å². The Labute approximate surface area is 88.0 Å². The van der Waals surface area contributed by atoms with Gasteiger partial charge in [-0.1, -0.05) is 12.1 Å². The highest BCUT2D eigenvalue weighted by Crippen LogP contribution is 2.21. The van der Waals surface area contributed by atoms with E-state index in [1.54, 1.807) is 0 Å². The Morgan fingerprint density at radius 2 is 1.50 bits per heavy atom. The molecule has 2 N–H and O–H groups in total. The van der Waals surface area contributed by atoms with Crippen LogP contribution in [0.2, 0.25) is 0 Å². The van der Waals surface area contributed by atoms with Gasteiger partial charge in [-0.2, -0.15) is 0 Å². The Kier molecular flexibility index (Phi) is 4.13. The summed E-state index contributed by atoms with van der Waals surface area (Å²) in [4.78, 5) is 7.38. The minimum atomic E-state index is -4.78. The fraction of sp³-hybridized carbons (Fsp3) is 0.143. The van der Waals surface area contributed by atoms with Crippen LogP contribution in [0.1, 0.15) is 0 Å². The van der Waals surface area contributed by atoms with Crippen LogP contribution >= 0.6 is 0 Å². The van der Waals surface area contributed by atoms with Gasteiger partial charge in [-0.15, -0.1) is 13.2 Å². The second-order valence-corrected chi connectivity index (χ2v) is 2.66. The molecule has 0 aliphatic rings. The van der Waals surface area contributed by atoms with Gasteiger partial charge in [-0.05, 0) is 17.6 Å². The molecule has 0 radical (unpaired) electrons. The Morgan fingerprint density at radius 3 is 1.88 bits per heavy atom. The van der Waals surface area contributed by atoms with Crippen LogP contribution in [0, 0.1) is 0 Å². The van der Waals surface area contributed by atoms with E-state index in [-0.39, 0.29) is 5.46 Å². The van der Waals surface area contributed by atoms with E-state index in [2.05, 4.69) is 14.3 Å². The van der Waals surface area contributed by atoms with Crippen molar-refractivity contribution in [3.63, 3.8) is 0 Å². The molecular formula is C7H6BF3O5. The van der Waals surface area contributed by atoms with Gasteiger partial charge in [0.25, 0.3) is 0 Å². The van der Waals surface area contributed by atoms with E-state index in [9.17, 15) is 13.2 Å². The molecule has 0 unspecified atom stereocenters. The monoisotopic (exact) mass is 238 g/mol. The van der Waals surface area contributed by atoms with Crippen LogP contribution in [0.5, 0.6) is 5.75 Å². The highest BCUT2D eigenvalue weighted by atomic mass is 19.4. The van der Waals surface area contributed by atoms with Crippen molar-refractivity contribution >= 4 is 12.6 Å². The second-order valence-electron chi connectivity index (χ2n) is 2.66. The van der Waals surface area contributed by atoms with Crippen LogP contribution in [0.15, 0.2) is 24.3 Å². The highest BCUT2D eigenvalue weighted by Gasteiger charge is 2.31. The molecule has 16 heavy (non-hydrogen) atoms. The van der Waals surface area contributed by atoms with E-state index in [1.807, 2.05) is 0 Å². The van der Waals surface area contributed by atoms with E-state index >= 15 is 0 Å². The molecule has 0 amide bonds. The lowest BCUT2D eigenvalue weighted by molar-refractivity contribution is -0.274. The van der Waals surface area contributed by atoms with Gasteiger partial charge in [0.1, 0.15) is 5.75 Å². The SMILES string of the molecule is OOB(OO)c1ccc(OC(F)(F)F)cc1. The molecule has 0 heterocycles. The third kappa shape index (κ3) is 3.70. The Morgan fingerprint density at radius 1 is 1.00 bits per heavy atom. The summed E-state index contributed by atoms with van der Waals surface area (Å²) < 4.78 is 38.9. The zero-order valence-corrected chi connectivity index (χ0v) is 7.64. The van der Waals surface area contributed by atoms with Gasteiger partial charge in [0, 0.05) is 0 Å². The average Bonchev–Trinajstić information content (AvgIpc) is 2.20. The quantitative estimate of drug-likeness (QED) is 0.469. The summed E-state index contributed by atoms with van der Waals surface area (Å²) in [5.41, 5.74) is 0.111. The third-order valence-electron chi connectivity index (χ3n) is 1.58. The maximum absolute atomic E-state index is 11.8. The molecule has 0 atom stereocenters. The van der Waals surface area contributed by atoms with Crippen molar-refractivity contribution in [2.75, 3.05) is 0 Å². The maximum Gasteiger partial charge on any atom is 0.573 e. The lowest BCUT2D eigenvalue weighted by atomic mass is 9.80. The van der Waals surface area contributed by atoms with E-state index in [4.69, 9.17) is 10.5 Å². The molecule has 1 aromatic rings. The molecule has 1 aromatic carbocycles. The summed E-state index contributed by atoms with van der Waals surface area (Å²) in [6, 6.07) is 4.21. The van der Waals surface area contributed by atoms with Crippen molar-refractivity contribution in [2.45, 2.75) is 6.36 Å². The zero-order valence-electron chi connectivity index (χ0n) is 7.64. The van der Waals surface area contributed by atoms with Crippen LogP contribution in [0.25, 0.3) is 0 Å². The lowest BCUT2D eigenvalue weighted by Crippen LogP contribution is -2.35. The van der Waals surface area contributed by atoms with Crippen molar-refractivity contribution in [3.05, 3.63) is 24.3 Å². The van der Waals surface area contributed by atoms with Crippen LogP contribution in [0.3, 0.4) is 0 Å². The summed E-state index contributed by atoms with van der Waals surface area (Å²) in [5.74, 6) is -0.439. The Hall–Kier alpha value is -1.29. The number of rotatable bonds is 4. The number of ether oxygens (including phenoxy) is 1. The van der Waals surface area contributed by atoms with Crippen LogP contribution in [0.4, 0.5) is 13.2 Å². The molecule has 0 saturated heterocycles. The number of halogens is 3. The highest BCUT2D eigenvalue weighted by molar-refractivity contribution is 6.60. The molecular weight excluding hydrogens is 232 g/mol. The standard InChI is InChI=1S/C7H6BF3O5/c9-7(10,11)14-6-3-1-5(2-4-6)8(15-12)16-13/h1-4,12-13H. The molecule has 0 aliphatic heterocycles. The smallest absolute Gasteiger partial charge is 0.406 e. The van der Waals surface area contributed by atoms with Crippen LogP contribution in [-0.2, 0) is 9.61 Å². The average molecular weight is 238 g/mol. The molecule has 0 aromatic heterocycles. The van der Waals surface area contributed by atoms with Crippen molar-refractivity contribution in [3.8, 4) is 5.75 Å². The summed E-state index contributed by atoms with van der Waals surface area (Å²) in [7, 11) is -1.49. The van der Waals surface area contributed by atoms with Crippen molar-refractivity contribution in [2.24, 2.45) is 0 Å². The van der Waals surface area contributed by atoms with Gasteiger partial charge in [0.05, 0.1) is 0 Å². The minimum Gasteiger partial charge on any atom is -0.406 e. The van der Waals surface area contributed by atoms with Crippen molar-refractivity contribution in [1.82, 2.24) is 0 Å². The fourth-order valence-electron chi connectivity index (χ4n) is 0.968. The molecule has 88 valence electrons. The van der Waals surface area contributed by atoms with Crippen molar-refractivity contribution in [1.29, 1.82) is 0 Å². The number of alkyl halides is 3. The third-order valence-corrected chi connectivity index (χ3v) is 1.58. The van der Waals surface area contributed by atoms with Crippen molar-refractivity contribution < 1.29 is 38.0 Å². The topological polar surface area (TPSA) is 68.2 Å². The second kappa shape index (κ2) is 5.17. The van der Waals surface area contributed by atoms with Crippen LogP contribution < -0.4 is 10.2 Å². The molecule has 0 spiro atoms. The molecule has 0 fully saturated rings. The van der Waals surface area contributed by atoms with E-state index in [0.29, 0.717) is 0 Å². The summed E-state index contributed by atoms with van der Waals surface area (Å²) >= 11 is 0. The first-order valence-corrected chi connectivity index (χ1v) is 3.92. The number of hydrogen-bond acceptors (Lipinski definition) is 5. The fourth-order valence-corrected chi connectivity index (χ4v) is 0.968. The summed E-state index contributed by atoms with van der Waals surface area (Å²) in [5, 5.41) is 16.5. The Bertz CT molecular complexity index is 324. The predicted molar refractivity (Wildman–Crippen MR) is 45.9 cm³/mol. The largest absolute Gasteiger partial charge is 0.573 e. The number of benzene rings is 1. The molecule has 9 heteroatoms. The van der Waals surface area contributed by atoms with Crippen LogP contribution in [-0.4, -0.2) is 24.0 Å². The molecule has 0 aliphatic carbocycles. The zero-order chi connectivity index (χ0) is 12.2. The van der Waals surface area contributed by atoms with E-state index in [0.717, 1.165) is 24.3 Å².